The molecule has 186 valence electrons. The average molecular weight is 494 g/mol. The summed E-state index contributed by atoms with van der Waals surface area (Å²) in [6.07, 6.45) is 4.36. The predicted octanol–water partition coefficient (Wildman–Crippen LogP) is 1.79. The van der Waals surface area contributed by atoms with Gasteiger partial charge in [0, 0.05) is 30.0 Å². The van der Waals surface area contributed by atoms with Crippen LogP contribution in [0.25, 0.3) is 0 Å². The zero-order valence-corrected chi connectivity index (χ0v) is 20.6. The molecule has 0 N–H and O–H groups in total. The molecule has 1 aromatic heterocycles. The van der Waals surface area contributed by atoms with Gasteiger partial charge in [-0.1, -0.05) is 19.3 Å². The quantitative estimate of drug-likeness (QED) is 0.336. The molecular formula is C23H31N3O7S. The number of ketones is 1. The Hall–Kier alpha value is -2.69. The van der Waals surface area contributed by atoms with Crippen molar-refractivity contribution in [2.45, 2.75) is 64.0 Å². The number of Topliss-reactive ketones (excluding diaryl/α,β-unsaturated/α-hetero) is 1. The molecular weight excluding hydrogens is 462 g/mol. The number of rotatable bonds is 6. The van der Waals surface area contributed by atoms with E-state index >= 15 is 0 Å². The summed E-state index contributed by atoms with van der Waals surface area (Å²) >= 11 is 0. The molecule has 1 atom stereocenters. The van der Waals surface area contributed by atoms with Crippen molar-refractivity contribution in [2.75, 3.05) is 31.7 Å². The van der Waals surface area contributed by atoms with Crippen LogP contribution in [0.3, 0.4) is 0 Å². The van der Waals surface area contributed by atoms with Gasteiger partial charge in [0.2, 0.25) is 5.78 Å². The lowest BCUT2D eigenvalue weighted by Gasteiger charge is -2.35. The first-order chi connectivity index (χ1) is 16.0. The molecule has 0 bridgehead atoms. The Kier molecular flexibility index (Phi) is 6.34. The van der Waals surface area contributed by atoms with Crippen LogP contribution in [-0.2, 0) is 24.2 Å². The number of aryl methyl sites for hydroxylation is 1. The number of carbonyl (C=O) groups excluding carboxylic acids is 4. The predicted molar refractivity (Wildman–Crippen MR) is 122 cm³/mol. The van der Waals surface area contributed by atoms with Crippen molar-refractivity contribution in [3.63, 3.8) is 0 Å². The number of esters is 1. The molecule has 1 aliphatic carbocycles. The van der Waals surface area contributed by atoms with Crippen molar-refractivity contribution < 1.29 is 32.3 Å². The molecule has 3 heterocycles. The third-order valence-corrected chi connectivity index (χ3v) is 9.24. The molecule has 0 radical (unpaired) electrons. The SMILES string of the molecule is Cc1cc(C(=O)COC(=O)CN2C(=O)N(C)C3(CCCCC3)C2=O)c(C)n1C1CCS(=O)(=O)C1. The van der Waals surface area contributed by atoms with Crippen LogP contribution >= 0.6 is 0 Å². The minimum Gasteiger partial charge on any atom is -0.456 e. The van der Waals surface area contributed by atoms with Gasteiger partial charge < -0.3 is 14.2 Å². The number of imide groups is 1. The summed E-state index contributed by atoms with van der Waals surface area (Å²) in [6.45, 7) is 2.50. The molecule has 10 nitrogen and oxygen atoms in total. The number of hydrogen-bond donors (Lipinski definition) is 0. The van der Waals surface area contributed by atoms with E-state index in [4.69, 9.17) is 4.74 Å². The molecule has 1 aromatic rings. The summed E-state index contributed by atoms with van der Waals surface area (Å²) < 4.78 is 30.7. The van der Waals surface area contributed by atoms with Gasteiger partial charge in [-0.25, -0.2) is 13.2 Å². The third kappa shape index (κ3) is 4.14. The Bertz CT molecular complexity index is 1150. The van der Waals surface area contributed by atoms with Crippen LogP contribution in [0.15, 0.2) is 6.07 Å². The van der Waals surface area contributed by atoms with E-state index in [1.54, 1.807) is 20.0 Å². The first kappa shape index (κ1) is 24.4. The monoisotopic (exact) mass is 493 g/mol. The Labute approximate surface area is 199 Å². The highest BCUT2D eigenvalue weighted by Crippen LogP contribution is 2.39. The summed E-state index contributed by atoms with van der Waals surface area (Å²) in [6, 6.07) is 0.932. The molecule has 2 aliphatic heterocycles. The van der Waals surface area contributed by atoms with Crippen molar-refractivity contribution in [3.8, 4) is 0 Å². The highest BCUT2D eigenvalue weighted by atomic mass is 32.2. The summed E-state index contributed by atoms with van der Waals surface area (Å²) in [7, 11) is -1.49. The second-order valence-electron chi connectivity index (χ2n) is 9.62. The molecule has 3 amide bonds. The first-order valence-electron chi connectivity index (χ1n) is 11.6. The Morgan fingerprint density at radius 1 is 1.15 bits per heavy atom. The number of sulfone groups is 1. The van der Waals surface area contributed by atoms with Crippen LogP contribution < -0.4 is 0 Å². The molecule has 3 fully saturated rings. The van der Waals surface area contributed by atoms with Crippen molar-refractivity contribution in [1.82, 2.24) is 14.4 Å². The highest BCUT2D eigenvalue weighted by Gasteiger charge is 2.56. The van der Waals surface area contributed by atoms with Crippen LogP contribution in [0.5, 0.6) is 0 Å². The van der Waals surface area contributed by atoms with Crippen molar-refractivity contribution in [3.05, 3.63) is 23.0 Å². The van der Waals surface area contributed by atoms with E-state index in [1.807, 2.05) is 11.5 Å². The van der Waals surface area contributed by atoms with Crippen molar-refractivity contribution >= 4 is 33.5 Å². The summed E-state index contributed by atoms with van der Waals surface area (Å²) in [4.78, 5) is 53.2. The van der Waals surface area contributed by atoms with Gasteiger partial charge in [0.05, 0.1) is 11.5 Å². The van der Waals surface area contributed by atoms with E-state index in [0.717, 1.165) is 29.9 Å². The van der Waals surface area contributed by atoms with Crippen LogP contribution in [-0.4, -0.2) is 83.7 Å². The van der Waals surface area contributed by atoms with Crippen LogP contribution in [0.4, 0.5) is 4.79 Å². The fourth-order valence-electron chi connectivity index (χ4n) is 5.67. The van der Waals surface area contributed by atoms with Crippen LogP contribution in [0, 0.1) is 13.8 Å². The molecule has 4 rings (SSSR count). The first-order valence-corrected chi connectivity index (χ1v) is 13.5. The average Bonchev–Trinajstić information content (AvgIpc) is 3.36. The second-order valence-corrected chi connectivity index (χ2v) is 11.8. The van der Waals surface area contributed by atoms with E-state index in [9.17, 15) is 27.6 Å². The lowest BCUT2D eigenvalue weighted by Crippen LogP contribution is -2.49. The number of likely N-dealkylation sites (N-methyl/N-ethyl adjacent to an activating group) is 1. The fourth-order valence-corrected chi connectivity index (χ4v) is 7.37. The topological polar surface area (TPSA) is 123 Å². The highest BCUT2D eigenvalue weighted by molar-refractivity contribution is 7.91. The van der Waals surface area contributed by atoms with Gasteiger partial charge in [-0.2, -0.15) is 0 Å². The van der Waals surface area contributed by atoms with E-state index < -0.39 is 46.3 Å². The fraction of sp³-hybridized carbons (Fsp3) is 0.652. The lowest BCUT2D eigenvalue weighted by molar-refractivity contribution is -0.147. The molecule has 34 heavy (non-hydrogen) atoms. The van der Waals surface area contributed by atoms with E-state index in [-0.39, 0.29) is 23.5 Å². The number of carbonyl (C=O) groups is 4. The molecule has 1 spiro atoms. The minimum atomic E-state index is -3.08. The van der Waals surface area contributed by atoms with Gasteiger partial charge in [0.1, 0.15) is 12.1 Å². The van der Waals surface area contributed by atoms with E-state index in [1.165, 1.54) is 4.90 Å². The van der Waals surface area contributed by atoms with E-state index in [0.29, 0.717) is 30.5 Å². The normalized spacial score (nSPS) is 23.7. The Morgan fingerprint density at radius 3 is 2.44 bits per heavy atom. The maximum atomic E-state index is 13.0. The lowest BCUT2D eigenvalue weighted by atomic mass is 9.81. The van der Waals surface area contributed by atoms with Crippen LogP contribution in [0.2, 0.25) is 0 Å². The largest absolute Gasteiger partial charge is 0.456 e. The number of hydrogen-bond acceptors (Lipinski definition) is 7. The van der Waals surface area contributed by atoms with Gasteiger partial charge in [-0.3, -0.25) is 19.3 Å². The Morgan fingerprint density at radius 2 is 1.82 bits per heavy atom. The number of ether oxygens (including phenoxy) is 1. The zero-order valence-electron chi connectivity index (χ0n) is 19.8. The maximum Gasteiger partial charge on any atom is 0.327 e. The van der Waals surface area contributed by atoms with Crippen LogP contribution in [0.1, 0.15) is 66.3 Å². The molecule has 0 aromatic carbocycles. The van der Waals surface area contributed by atoms with E-state index in [2.05, 4.69) is 0 Å². The number of amides is 3. The summed E-state index contributed by atoms with van der Waals surface area (Å²) in [5.41, 5.74) is 0.884. The van der Waals surface area contributed by atoms with Gasteiger partial charge in [0.15, 0.2) is 16.4 Å². The van der Waals surface area contributed by atoms with Gasteiger partial charge >= 0.3 is 12.0 Å². The molecule has 1 saturated carbocycles. The van der Waals surface area contributed by atoms with Crippen molar-refractivity contribution in [1.29, 1.82) is 0 Å². The number of aromatic nitrogens is 1. The molecule has 2 saturated heterocycles. The number of urea groups is 1. The second kappa shape index (κ2) is 8.83. The maximum absolute atomic E-state index is 13.0. The summed E-state index contributed by atoms with van der Waals surface area (Å²) in [5, 5.41) is 0. The van der Waals surface area contributed by atoms with Gasteiger partial charge in [-0.15, -0.1) is 0 Å². The standard InChI is InChI=1S/C23H31N3O7S/c1-15-11-18(16(2)26(15)17-7-10-34(31,32)14-17)19(27)13-33-20(28)12-25-21(29)23(24(3)22(25)30)8-5-4-6-9-23/h11,17H,4-10,12-14H2,1-3H3. The Balaban J connectivity index is 1.38. The van der Waals surface area contributed by atoms with Gasteiger partial charge in [-0.05, 0) is 39.2 Å². The zero-order chi connectivity index (χ0) is 24.8. The number of nitrogens with zero attached hydrogens (tertiary/aromatic N) is 3. The van der Waals surface area contributed by atoms with Crippen molar-refractivity contribution in [2.24, 2.45) is 0 Å². The smallest absolute Gasteiger partial charge is 0.327 e. The van der Waals surface area contributed by atoms with Gasteiger partial charge in [0.25, 0.3) is 5.91 Å². The molecule has 11 heteroatoms. The molecule has 1 unspecified atom stereocenters. The molecule has 3 aliphatic rings. The summed E-state index contributed by atoms with van der Waals surface area (Å²) in [5.74, 6) is -1.46. The minimum absolute atomic E-state index is 0.0415. The third-order valence-electron chi connectivity index (χ3n) is 7.49.